The standard InChI is InChI=1S/C27H28N2O2/c1-30-23-12-13-24-25(18-23)28-27(22-10-6-3-7-11-22)29(19-20-14-16-31-17-15-20)26(24)21-8-4-2-5-9-21/h2-13,18,20,26H,14-17,19H2,1H3. The van der Waals surface area contributed by atoms with Gasteiger partial charge in [0.2, 0.25) is 0 Å². The van der Waals surface area contributed by atoms with E-state index in [4.69, 9.17) is 14.5 Å². The molecule has 0 amide bonds. The van der Waals surface area contributed by atoms with Crippen LogP contribution in [0.15, 0.2) is 83.9 Å². The third-order valence-corrected chi connectivity index (χ3v) is 6.29. The van der Waals surface area contributed by atoms with Crippen molar-refractivity contribution < 1.29 is 9.47 Å². The van der Waals surface area contributed by atoms with Crippen LogP contribution in [0.3, 0.4) is 0 Å². The van der Waals surface area contributed by atoms with Crippen LogP contribution in [0.2, 0.25) is 0 Å². The summed E-state index contributed by atoms with van der Waals surface area (Å²) >= 11 is 0. The maximum atomic E-state index is 5.63. The lowest BCUT2D eigenvalue weighted by Crippen LogP contribution is -2.42. The number of benzene rings is 3. The summed E-state index contributed by atoms with van der Waals surface area (Å²) in [5.41, 5.74) is 4.63. The summed E-state index contributed by atoms with van der Waals surface area (Å²) in [5.74, 6) is 2.45. The third-order valence-electron chi connectivity index (χ3n) is 6.29. The fourth-order valence-corrected chi connectivity index (χ4v) is 4.66. The lowest BCUT2D eigenvalue weighted by Gasteiger charge is -2.41. The Morgan fingerprint density at radius 2 is 1.65 bits per heavy atom. The smallest absolute Gasteiger partial charge is 0.137 e. The molecule has 0 saturated carbocycles. The fraction of sp³-hybridized carbons (Fsp3) is 0.296. The summed E-state index contributed by atoms with van der Waals surface area (Å²) in [5, 5.41) is 0. The first-order chi connectivity index (χ1) is 15.3. The highest BCUT2D eigenvalue weighted by Crippen LogP contribution is 2.42. The fourth-order valence-electron chi connectivity index (χ4n) is 4.66. The van der Waals surface area contributed by atoms with Crippen LogP contribution >= 0.6 is 0 Å². The van der Waals surface area contributed by atoms with E-state index < -0.39 is 0 Å². The van der Waals surface area contributed by atoms with Gasteiger partial charge in [0.25, 0.3) is 0 Å². The van der Waals surface area contributed by atoms with Crippen LogP contribution in [0.1, 0.15) is 35.6 Å². The number of ether oxygens (including phenoxy) is 2. The van der Waals surface area contributed by atoms with Crippen LogP contribution in [0, 0.1) is 5.92 Å². The number of amidine groups is 1. The molecule has 4 nitrogen and oxygen atoms in total. The molecule has 2 heterocycles. The molecule has 31 heavy (non-hydrogen) atoms. The van der Waals surface area contributed by atoms with E-state index in [0.29, 0.717) is 5.92 Å². The molecule has 0 N–H and O–H groups in total. The molecule has 3 aromatic rings. The van der Waals surface area contributed by atoms with Gasteiger partial charge in [-0.05, 0) is 30.4 Å². The van der Waals surface area contributed by atoms with E-state index in [9.17, 15) is 0 Å². The Kier molecular flexibility index (Phi) is 5.72. The van der Waals surface area contributed by atoms with Gasteiger partial charge >= 0.3 is 0 Å². The molecule has 1 fully saturated rings. The number of methoxy groups -OCH3 is 1. The van der Waals surface area contributed by atoms with Crippen molar-refractivity contribution in [1.29, 1.82) is 0 Å². The predicted molar refractivity (Wildman–Crippen MR) is 124 cm³/mol. The van der Waals surface area contributed by atoms with Crippen molar-refractivity contribution in [3.63, 3.8) is 0 Å². The Morgan fingerprint density at radius 3 is 2.35 bits per heavy atom. The van der Waals surface area contributed by atoms with Gasteiger partial charge in [0.15, 0.2) is 0 Å². The Labute approximate surface area is 184 Å². The van der Waals surface area contributed by atoms with E-state index in [1.807, 2.05) is 6.07 Å². The van der Waals surface area contributed by atoms with Crippen molar-refractivity contribution >= 4 is 11.5 Å². The Morgan fingerprint density at radius 1 is 0.935 bits per heavy atom. The monoisotopic (exact) mass is 412 g/mol. The molecular formula is C27H28N2O2. The molecule has 0 bridgehead atoms. The van der Waals surface area contributed by atoms with Crippen molar-refractivity contribution in [1.82, 2.24) is 4.90 Å². The molecule has 4 heteroatoms. The number of fused-ring (bicyclic) bond motifs is 1. The van der Waals surface area contributed by atoms with Gasteiger partial charge in [-0.1, -0.05) is 66.7 Å². The Hall–Kier alpha value is -3.11. The normalized spacial score (nSPS) is 18.9. The Bertz CT molecular complexity index is 1040. The lowest BCUT2D eigenvalue weighted by atomic mass is 9.90. The SMILES string of the molecule is COc1ccc2c(c1)N=C(c1ccccc1)N(CC1CCOCC1)C2c1ccccc1. The van der Waals surface area contributed by atoms with E-state index in [-0.39, 0.29) is 6.04 Å². The van der Waals surface area contributed by atoms with Gasteiger partial charge in [-0.25, -0.2) is 4.99 Å². The zero-order valence-corrected chi connectivity index (χ0v) is 17.9. The van der Waals surface area contributed by atoms with Gasteiger partial charge < -0.3 is 14.4 Å². The highest BCUT2D eigenvalue weighted by molar-refractivity contribution is 6.02. The molecular weight excluding hydrogens is 384 g/mol. The summed E-state index contributed by atoms with van der Waals surface area (Å²) in [6.07, 6.45) is 2.19. The second-order valence-corrected chi connectivity index (χ2v) is 8.25. The van der Waals surface area contributed by atoms with Crippen LogP contribution in [0.25, 0.3) is 0 Å². The van der Waals surface area contributed by atoms with E-state index in [0.717, 1.165) is 55.4 Å². The van der Waals surface area contributed by atoms with Crippen molar-refractivity contribution in [2.75, 3.05) is 26.9 Å². The van der Waals surface area contributed by atoms with Crippen LogP contribution in [-0.4, -0.2) is 37.6 Å². The predicted octanol–water partition coefficient (Wildman–Crippen LogP) is 5.61. The average molecular weight is 413 g/mol. The quantitative estimate of drug-likeness (QED) is 0.547. The average Bonchev–Trinajstić information content (AvgIpc) is 2.85. The van der Waals surface area contributed by atoms with E-state index in [2.05, 4.69) is 77.7 Å². The summed E-state index contributed by atoms with van der Waals surface area (Å²) in [4.78, 5) is 7.69. The molecule has 2 aliphatic rings. The molecule has 0 radical (unpaired) electrons. The summed E-state index contributed by atoms with van der Waals surface area (Å²) < 4.78 is 11.1. The minimum absolute atomic E-state index is 0.109. The van der Waals surface area contributed by atoms with Gasteiger partial charge in [0, 0.05) is 37.0 Å². The largest absolute Gasteiger partial charge is 0.497 e. The first-order valence-electron chi connectivity index (χ1n) is 11.0. The highest BCUT2D eigenvalue weighted by Gasteiger charge is 2.34. The van der Waals surface area contributed by atoms with E-state index in [1.165, 1.54) is 11.1 Å². The summed E-state index contributed by atoms with van der Waals surface area (Å²) in [7, 11) is 1.71. The van der Waals surface area contributed by atoms with E-state index in [1.54, 1.807) is 7.11 Å². The third kappa shape index (κ3) is 4.08. The van der Waals surface area contributed by atoms with Crippen molar-refractivity contribution in [3.8, 4) is 5.75 Å². The van der Waals surface area contributed by atoms with Crippen molar-refractivity contribution in [3.05, 3.63) is 95.6 Å². The topological polar surface area (TPSA) is 34.1 Å². The molecule has 1 saturated heterocycles. The van der Waals surface area contributed by atoms with Crippen molar-refractivity contribution in [2.45, 2.75) is 18.9 Å². The maximum Gasteiger partial charge on any atom is 0.137 e. The van der Waals surface area contributed by atoms with Crippen LogP contribution in [-0.2, 0) is 4.74 Å². The maximum absolute atomic E-state index is 5.63. The lowest BCUT2D eigenvalue weighted by molar-refractivity contribution is 0.0574. The first-order valence-corrected chi connectivity index (χ1v) is 11.0. The van der Waals surface area contributed by atoms with Gasteiger partial charge in [-0.3, -0.25) is 0 Å². The van der Waals surface area contributed by atoms with Crippen molar-refractivity contribution in [2.24, 2.45) is 10.9 Å². The molecule has 0 aromatic heterocycles. The molecule has 1 unspecified atom stereocenters. The molecule has 5 rings (SSSR count). The number of rotatable bonds is 5. The number of hydrogen-bond donors (Lipinski definition) is 0. The minimum atomic E-state index is 0.109. The molecule has 2 aliphatic heterocycles. The molecule has 3 aromatic carbocycles. The summed E-state index contributed by atoms with van der Waals surface area (Å²) in [6.45, 7) is 2.66. The molecule has 158 valence electrons. The number of aliphatic imine (C=N–C) groups is 1. The zero-order chi connectivity index (χ0) is 21.0. The molecule has 0 spiro atoms. The van der Waals surface area contributed by atoms with Gasteiger partial charge in [-0.2, -0.15) is 0 Å². The van der Waals surface area contributed by atoms with Crippen LogP contribution < -0.4 is 4.74 Å². The second-order valence-electron chi connectivity index (χ2n) is 8.25. The molecule has 1 atom stereocenters. The molecule has 0 aliphatic carbocycles. The number of nitrogens with zero attached hydrogens (tertiary/aromatic N) is 2. The van der Waals surface area contributed by atoms with Gasteiger partial charge in [0.05, 0.1) is 18.8 Å². The van der Waals surface area contributed by atoms with Crippen LogP contribution in [0.4, 0.5) is 5.69 Å². The first kappa shape index (κ1) is 19.8. The Balaban J connectivity index is 1.66. The zero-order valence-electron chi connectivity index (χ0n) is 17.9. The van der Waals surface area contributed by atoms with Gasteiger partial charge in [-0.15, -0.1) is 0 Å². The summed E-state index contributed by atoms with van der Waals surface area (Å²) in [6, 6.07) is 27.7. The minimum Gasteiger partial charge on any atom is -0.497 e. The second kappa shape index (κ2) is 8.94. The number of hydrogen-bond acceptors (Lipinski definition) is 4. The highest BCUT2D eigenvalue weighted by atomic mass is 16.5. The van der Waals surface area contributed by atoms with E-state index >= 15 is 0 Å². The van der Waals surface area contributed by atoms with Gasteiger partial charge in [0.1, 0.15) is 11.6 Å². The van der Waals surface area contributed by atoms with Crippen LogP contribution in [0.5, 0.6) is 5.75 Å².